The molecular weight excluding hydrogens is 411 g/mol. The number of halogens is 1. The van der Waals surface area contributed by atoms with Gasteiger partial charge in [-0.25, -0.2) is 14.6 Å². The normalized spacial score (nSPS) is 23.4. The molecule has 0 aromatic carbocycles. The van der Waals surface area contributed by atoms with Gasteiger partial charge in [0.25, 0.3) is 0 Å². The summed E-state index contributed by atoms with van der Waals surface area (Å²) in [5.74, 6) is 0.431. The highest BCUT2D eigenvalue weighted by Crippen LogP contribution is 2.32. The van der Waals surface area contributed by atoms with Gasteiger partial charge >= 0.3 is 0 Å². The van der Waals surface area contributed by atoms with Crippen LogP contribution < -0.4 is 5.73 Å². The zero-order valence-electron chi connectivity index (χ0n) is 12.8. The van der Waals surface area contributed by atoms with Crippen LogP contribution in [0.3, 0.4) is 0 Å². The minimum Gasteiger partial charge on any atom is -0.383 e. The van der Waals surface area contributed by atoms with Crippen molar-refractivity contribution in [1.82, 2.24) is 24.6 Å². The standard InChI is InChI=1S/C14H19IN6O2/c1-3-10(22)20-5-8(4-9(20)6-23-2)21-14-11(12(15)19-21)13(16)17-7-18-14/h3,7-10,22H,1,4-6H2,2H3,(H2,16,17,18)/t8-,9+,10?/m0/s1. The molecule has 0 aliphatic carbocycles. The van der Waals surface area contributed by atoms with Gasteiger partial charge in [0, 0.05) is 19.7 Å². The van der Waals surface area contributed by atoms with Crippen LogP contribution in [0.25, 0.3) is 11.0 Å². The van der Waals surface area contributed by atoms with Crippen molar-refractivity contribution >= 4 is 39.4 Å². The minimum absolute atomic E-state index is 0.0741. The average molecular weight is 430 g/mol. The van der Waals surface area contributed by atoms with E-state index in [1.54, 1.807) is 7.11 Å². The summed E-state index contributed by atoms with van der Waals surface area (Å²) in [4.78, 5) is 10.3. The van der Waals surface area contributed by atoms with Gasteiger partial charge in [0.05, 0.1) is 18.0 Å². The first-order valence-electron chi connectivity index (χ1n) is 7.26. The van der Waals surface area contributed by atoms with E-state index in [0.717, 1.165) is 21.2 Å². The van der Waals surface area contributed by atoms with E-state index in [4.69, 9.17) is 10.5 Å². The van der Waals surface area contributed by atoms with Gasteiger partial charge in [0.1, 0.15) is 22.1 Å². The van der Waals surface area contributed by atoms with Gasteiger partial charge in [-0.3, -0.25) is 4.90 Å². The third-order valence-corrected chi connectivity index (χ3v) is 4.92. The van der Waals surface area contributed by atoms with Crippen molar-refractivity contribution in [2.45, 2.75) is 24.7 Å². The lowest BCUT2D eigenvalue weighted by molar-refractivity contribution is 0.00606. The fourth-order valence-corrected chi connectivity index (χ4v) is 3.87. The number of nitrogens with two attached hydrogens (primary N) is 1. The second-order valence-corrected chi connectivity index (χ2v) is 6.56. The summed E-state index contributed by atoms with van der Waals surface area (Å²) in [5, 5.41) is 15.5. The summed E-state index contributed by atoms with van der Waals surface area (Å²) >= 11 is 2.14. The van der Waals surface area contributed by atoms with Crippen LogP contribution in [0.15, 0.2) is 19.0 Å². The lowest BCUT2D eigenvalue weighted by Crippen LogP contribution is -2.40. The molecule has 124 valence electrons. The second kappa shape index (κ2) is 6.67. The van der Waals surface area contributed by atoms with Crippen molar-refractivity contribution < 1.29 is 9.84 Å². The molecule has 1 saturated heterocycles. The predicted molar refractivity (Wildman–Crippen MR) is 94.7 cm³/mol. The van der Waals surface area contributed by atoms with Crippen molar-refractivity contribution in [3.63, 3.8) is 0 Å². The molecular formula is C14H19IN6O2. The highest BCUT2D eigenvalue weighted by Gasteiger charge is 2.37. The van der Waals surface area contributed by atoms with Crippen LogP contribution in [0, 0.1) is 3.70 Å². The van der Waals surface area contributed by atoms with Gasteiger partial charge in [-0.05, 0) is 35.1 Å². The molecule has 3 atom stereocenters. The van der Waals surface area contributed by atoms with Crippen LogP contribution in [-0.2, 0) is 4.74 Å². The number of anilines is 1. The molecule has 0 amide bonds. The zero-order valence-corrected chi connectivity index (χ0v) is 14.9. The number of rotatable bonds is 5. The molecule has 0 saturated carbocycles. The number of likely N-dealkylation sites (tertiary alicyclic amines) is 1. The Morgan fingerprint density at radius 2 is 2.39 bits per heavy atom. The maximum Gasteiger partial charge on any atom is 0.164 e. The molecule has 9 heteroatoms. The lowest BCUT2D eigenvalue weighted by atomic mass is 10.2. The van der Waals surface area contributed by atoms with Crippen LogP contribution in [-0.4, -0.2) is 62.3 Å². The summed E-state index contributed by atoms with van der Waals surface area (Å²) in [7, 11) is 1.66. The second-order valence-electron chi connectivity index (χ2n) is 5.54. The summed E-state index contributed by atoms with van der Waals surface area (Å²) in [6, 6.07) is 0.166. The number of aliphatic hydroxyl groups excluding tert-OH is 1. The van der Waals surface area contributed by atoms with Crippen LogP contribution in [0.2, 0.25) is 0 Å². The van der Waals surface area contributed by atoms with Crippen LogP contribution in [0.1, 0.15) is 12.5 Å². The lowest BCUT2D eigenvalue weighted by Gasteiger charge is -2.26. The Kier molecular flexibility index (Phi) is 4.80. The number of methoxy groups -OCH3 is 1. The maximum atomic E-state index is 10.2. The Labute approximate surface area is 147 Å². The Hall–Kier alpha value is -1.30. The topological polar surface area (TPSA) is 102 Å². The molecule has 23 heavy (non-hydrogen) atoms. The summed E-state index contributed by atoms with van der Waals surface area (Å²) < 4.78 is 7.94. The predicted octanol–water partition coefficient (Wildman–Crippen LogP) is 0.779. The van der Waals surface area contributed by atoms with Crippen molar-refractivity contribution in [3.8, 4) is 0 Å². The van der Waals surface area contributed by atoms with Gasteiger partial charge in [0.2, 0.25) is 0 Å². The monoisotopic (exact) mass is 430 g/mol. The summed E-state index contributed by atoms with van der Waals surface area (Å²) in [5.41, 5.74) is 6.67. The minimum atomic E-state index is -0.708. The summed E-state index contributed by atoms with van der Waals surface area (Å²) in [6.45, 7) is 4.84. The molecule has 0 radical (unpaired) electrons. The average Bonchev–Trinajstić information content (AvgIpc) is 3.09. The van der Waals surface area contributed by atoms with Gasteiger partial charge < -0.3 is 15.6 Å². The van der Waals surface area contributed by atoms with E-state index in [1.165, 1.54) is 12.4 Å². The largest absolute Gasteiger partial charge is 0.383 e. The van der Waals surface area contributed by atoms with Crippen LogP contribution in [0.4, 0.5) is 5.82 Å². The smallest absolute Gasteiger partial charge is 0.164 e. The van der Waals surface area contributed by atoms with Gasteiger partial charge in [-0.15, -0.1) is 0 Å². The van der Waals surface area contributed by atoms with Crippen molar-refractivity contribution in [1.29, 1.82) is 0 Å². The van der Waals surface area contributed by atoms with E-state index in [2.05, 4.69) is 44.2 Å². The zero-order chi connectivity index (χ0) is 16.6. The van der Waals surface area contributed by atoms with Gasteiger partial charge in [-0.2, -0.15) is 5.10 Å². The van der Waals surface area contributed by atoms with Gasteiger partial charge in [-0.1, -0.05) is 6.58 Å². The molecule has 3 rings (SSSR count). The maximum absolute atomic E-state index is 10.2. The molecule has 8 nitrogen and oxygen atoms in total. The first-order valence-corrected chi connectivity index (χ1v) is 8.34. The van der Waals surface area contributed by atoms with E-state index in [-0.39, 0.29) is 12.1 Å². The van der Waals surface area contributed by atoms with Crippen LogP contribution in [0.5, 0.6) is 0 Å². The van der Waals surface area contributed by atoms with E-state index in [9.17, 15) is 5.11 Å². The number of aliphatic hydroxyl groups is 1. The number of nitrogens with zero attached hydrogens (tertiary/aromatic N) is 5. The van der Waals surface area contributed by atoms with E-state index in [1.807, 2.05) is 9.58 Å². The number of ether oxygens (including phenoxy) is 1. The SMILES string of the molecule is C=CC(O)N1C[C@@H](n2nc(I)c3c(N)ncnc32)C[C@@H]1COC. The fourth-order valence-electron chi connectivity index (χ4n) is 3.12. The van der Waals surface area contributed by atoms with E-state index in [0.29, 0.717) is 19.0 Å². The molecule has 0 spiro atoms. The van der Waals surface area contributed by atoms with Crippen LogP contribution >= 0.6 is 22.6 Å². The quantitative estimate of drug-likeness (QED) is 0.534. The number of hydrogen-bond donors (Lipinski definition) is 2. The van der Waals surface area contributed by atoms with E-state index >= 15 is 0 Å². The number of aromatic nitrogens is 4. The molecule has 2 aromatic heterocycles. The molecule has 0 bridgehead atoms. The van der Waals surface area contributed by atoms with Crippen molar-refractivity contribution in [2.24, 2.45) is 0 Å². The van der Waals surface area contributed by atoms with Crippen molar-refractivity contribution in [3.05, 3.63) is 22.7 Å². The summed E-state index contributed by atoms with van der Waals surface area (Å²) in [6.07, 6.45) is 3.07. The highest BCUT2D eigenvalue weighted by molar-refractivity contribution is 14.1. The third-order valence-electron chi connectivity index (χ3n) is 4.17. The molecule has 2 aromatic rings. The van der Waals surface area contributed by atoms with E-state index < -0.39 is 6.23 Å². The molecule has 1 aliphatic rings. The van der Waals surface area contributed by atoms with Crippen molar-refractivity contribution in [2.75, 3.05) is 26.0 Å². The molecule has 1 unspecified atom stereocenters. The number of fused-ring (bicyclic) bond motifs is 1. The third kappa shape index (κ3) is 2.93. The molecule has 1 aliphatic heterocycles. The molecule has 3 N–H and O–H groups in total. The number of hydrogen-bond acceptors (Lipinski definition) is 7. The Morgan fingerprint density at radius 1 is 1.61 bits per heavy atom. The highest BCUT2D eigenvalue weighted by atomic mass is 127. The Bertz CT molecular complexity index is 721. The molecule has 3 heterocycles. The molecule has 1 fully saturated rings. The first-order chi connectivity index (χ1) is 11.1. The first kappa shape index (κ1) is 16.6. The Morgan fingerprint density at radius 3 is 3.09 bits per heavy atom. The Balaban J connectivity index is 1.97. The fraction of sp³-hybridized carbons (Fsp3) is 0.500. The number of nitrogen functional groups attached to an aromatic ring is 1. The van der Waals surface area contributed by atoms with Gasteiger partial charge in [0.15, 0.2) is 5.65 Å².